The Balaban J connectivity index is 1.15. The van der Waals surface area contributed by atoms with Crippen molar-refractivity contribution in [2.45, 2.75) is 13.0 Å². The zero-order valence-electron chi connectivity index (χ0n) is 18.4. The second-order valence-electron chi connectivity index (χ2n) is 8.30. The monoisotopic (exact) mass is 443 g/mol. The molecule has 0 radical (unpaired) electrons. The Morgan fingerprint density at radius 3 is 2.42 bits per heavy atom. The number of carbonyl (C=O) groups is 1. The van der Waals surface area contributed by atoms with E-state index >= 15 is 0 Å². The number of thiazole rings is 1. The van der Waals surface area contributed by atoms with Gasteiger partial charge in [-0.25, -0.2) is 0 Å². The second kappa shape index (κ2) is 11.0. The van der Waals surface area contributed by atoms with Crippen LogP contribution in [0.15, 0.2) is 36.0 Å². The maximum Gasteiger partial charge on any atom is 0.236 e. The summed E-state index contributed by atoms with van der Waals surface area (Å²) in [6, 6.07) is 8.18. The molecule has 2 saturated heterocycles. The van der Waals surface area contributed by atoms with E-state index in [0.717, 1.165) is 77.6 Å². The molecule has 8 heteroatoms. The van der Waals surface area contributed by atoms with Crippen molar-refractivity contribution >= 4 is 17.2 Å². The van der Waals surface area contributed by atoms with Crippen LogP contribution in [0.2, 0.25) is 0 Å². The van der Waals surface area contributed by atoms with Crippen LogP contribution in [-0.4, -0.2) is 103 Å². The van der Waals surface area contributed by atoms with Crippen LogP contribution in [0.4, 0.5) is 0 Å². The highest BCUT2D eigenvalue weighted by molar-refractivity contribution is 7.09. The van der Waals surface area contributed by atoms with E-state index in [4.69, 9.17) is 4.74 Å². The number of rotatable bonds is 8. The van der Waals surface area contributed by atoms with Crippen molar-refractivity contribution in [1.82, 2.24) is 24.6 Å². The number of benzene rings is 1. The van der Waals surface area contributed by atoms with Crippen molar-refractivity contribution in [3.8, 4) is 5.75 Å². The molecule has 3 heterocycles. The van der Waals surface area contributed by atoms with Gasteiger partial charge in [0.25, 0.3) is 0 Å². The summed E-state index contributed by atoms with van der Waals surface area (Å²) in [6.45, 7) is 9.97. The third-order valence-corrected chi connectivity index (χ3v) is 7.13. The van der Waals surface area contributed by atoms with E-state index in [-0.39, 0.29) is 5.91 Å². The van der Waals surface area contributed by atoms with Crippen LogP contribution in [0.25, 0.3) is 0 Å². The van der Waals surface area contributed by atoms with Crippen molar-refractivity contribution in [3.05, 3.63) is 46.4 Å². The van der Waals surface area contributed by atoms with Gasteiger partial charge in [-0.3, -0.25) is 19.6 Å². The van der Waals surface area contributed by atoms with Crippen LogP contribution >= 0.6 is 11.3 Å². The van der Waals surface area contributed by atoms with Gasteiger partial charge in [0, 0.05) is 82.1 Å². The van der Waals surface area contributed by atoms with Crippen LogP contribution in [-0.2, 0) is 17.8 Å². The first-order chi connectivity index (χ1) is 15.2. The fraction of sp³-hybridized carbons (Fsp3) is 0.565. The highest BCUT2D eigenvalue weighted by Crippen LogP contribution is 2.20. The molecule has 2 fully saturated rings. The molecule has 0 N–H and O–H groups in total. The van der Waals surface area contributed by atoms with Gasteiger partial charge in [-0.1, -0.05) is 18.2 Å². The van der Waals surface area contributed by atoms with Gasteiger partial charge in [-0.15, -0.1) is 11.3 Å². The number of methoxy groups -OCH3 is 1. The minimum Gasteiger partial charge on any atom is -0.496 e. The molecule has 0 unspecified atom stereocenters. The molecule has 2 aromatic rings. The molecule has 1 amide bonds. The molecule has 31 heavy (non-hydrogen) atoms. The minimum absolute atomic E-state index is 0.273. The normalized spacial score (nSPS) is 18.9. The maximum absolute atomic E-state index is 12.8. The van der Waals surface area contributed by atoms with Gasteiger partial charge in [0.1, 0.15) is 5.75 Å². The number of hydrogen-bond donors (Lipinski definition) is 0. The third kappa shape index (κ3) is 6.26. The highest BCUT2D eigenvalue weighted by atomic mass is 32.1. The number of amides is 1. The molecule has 2 aliphatic heterocycles. The van der Waals surface area contributed by atoms with Gasteiger partial charge in [-0.05, 0) is 12.5 Å². The molecule has 0 bridgehead atoms. The number of para-hydroxylation sites is 1. The van der Waals surface area contributed by atoms with E-state index in [1.165, 1.54) is 10.4 Å². The predicted molar refractivity (Wildman–Crippen MR) is 124 cm³/mol. The first-order valence-electron chi connectivity index (χ1n) is 11.2. The number of nitrogens with zero attached hydrogens (tertiary/aromatic N) is 5. The summed E-state index contributed by atoms with van der Waals surface area (Å²) in [6.07, 6.45) is 3.04. The lowest BCUT2D eigenvalue weighted by Gasteiger charge is -2.38. The summed E-state index contributed by atoms with van der Waals surface area (Å²) in [5.41, 5.74) is 3.11. The number of carbonyl (C=O) groups excluding carboxylic acids is 1. The molecule has 0 spiro atoms. The summed E-state index contributed by atoms with van der Waals surface area (Å²) in [5, 5.41) is 0. The number of ether oxygens (including phenoxy) is 1. The SMILES string of the molecule is COc1ccccc1CN1CCN(C(=O)CN2CCN(CCc3cncs3)CC2)CC1. The van der Waals surface area contributed by atoms with Crippen molar-refractivity contribution < 1.29 is 9.53 Å². The zero-order valence-corrected chi connectivity index (χ0v) is 19.2. The van der Waals surface area contributed by atoms with Gasteiger partial charge in [-0.2, -0.15) is 0 Å². The van der Waals surface area contributed by atoms with Crippen LogP contribution < -0.4 is 4.74 Å². The smallest absolute Gasteiger partial charge is 0.236 e. The Morgan fingerprint density at radius 1 is 1.00 bits per heavy atom. The van der Waals surface area contributed by atoms with E-state index in [1.54, 1.807) is 18.4 Å². The zero-order chi connectivity index (χ0) is 21.5. The van der Waals surface area contributed by atoms with E-state index in [9.17, 15) is 4.79 Å². The topological polar surface area (TPSA) is 52.2 Å². The quantitative estimate of drug-likeness (QED) is 0.619. The van der Waals surface area contributed by atoms with E-state index in [0.29, 0.717) is 6.54 Å². The first-order valence-corrected chi connectivity index (χ1v) is 12.0. The Bertz CT molecular complexity index is 815. The lowest BCUT2D eigenvalue weighted by Crippen LogP contribution is -2.53. The molecule has 0 saturated carbocycles. The van der Waals surface area contributed by atoms with Crippen LogP contribution in [0.1, 0.15) is 10.4 Å². The van der Waals surface area contributed by atoms with Crippen LogP contribution in [0.5, 0.6) is 5.75 Å². The maximum atomic E-state index is 12.8. The molecular formula is C23H33N5O2S. The Morgan fingerprint density at radius 2 is 1.71 bits per heavy atom. The molecule has 1 aromatic heterocycles. The molecule has 168 valence electrons. The van der Waals surface area contributed by atoms with Gasteiger partial charge < -0.3 is 14.5 Å². The molecule has 7 nitrogen and oxygen atoms in total. The molecule has 2 aliphatic rings. The molecule has 1 aromatic carbocycles. The van der Waals surface area contributed by atoms with Crippen molar-refractivity contribution in [3.63, 3.8) is 0 Å². The standard InChI is InChI=1S/C23H33N5O2S/c1-30-22-5-3-2-4-20(22)17-26-12-14-28(15-13-26)23(29)18-27-10-8-25(9-11-27)7-6-21-16-24-19-31-21/h2-5,16,19H,6-15,17-18H2,1H3. The average molecular weight is 444 g/mol. The molecule has 0 atom stereocenters. The van der Waals surface area contributed by atoms with E-state index in [2.05, 4.69) is 31.8 Å². The van der Waals surface area contributed by atoms with Gasteiger partial charge in [0.05, 0.1) is 19.2 Å². The van der Waals surface area contributed by atoms with Crippen LogP contribution in [0.3, 0.4) is 0 Å². The summed E-state index contributed by atoms with van der Waals surface area (Å²) >= 11 is 1.73. The van der Waals surface area contributed by atoms with Gasteiger partial charge >= 0.3 is 0 Å². The number of aromatic nitrogens is 1. The molecular weight excluding hydrogens is 410 g/mol. The number of hydrogen-bond acceptors (Lipinski definition) is 7. The lowest BCUT2D eigenvalue weighted by atomic mass is 10.1. The van der Waals surface area contributed by atoms with Crippen LogP contribution in [0, 0.1) is 0 Å². The lowest BCUT2D eigenvalue weighted by molar-refractivity contribution is -0.134. The fourth-order valence-electron chi connectivity index (χ4n) is 4.33. The Hall–Kier alpha value is -2.00. The van der Waals surface area contributed by atoms with E-state index in [1.807, 2.05) is 28.7 Å². The predicted octanol–water partition coefficient (Wildman–Crippen LogP) is 1.66. The third-order valence-electron chi connectivity index (χ3n) is 6.29. The highest BCUT2D eigenvalue weighted by Gasteiger charge is 2.25. The molecule has 4 rings (SSSR count). The van der Waals surface area contributed by atoms with Crippen molar-refractivity contribution in [2.24, 2.45) is 0 Å². The molecule has 0 aliphatic carbocycles. The summed E-state index contributed by atoms with van der Waals surface area (Å²) in [5.74, 6) is 1.21. The second-order valence-corrected chi connectivity index (χ2v) is 9.28. The average Bonchev–Trinajstić information content (AvgIpc) is 3.33. The summed E-state index contributed by atoms with van der Waals surface area (Å²) in [4.78, 5) is 27.6. The summed E-state index contributed by atoms with van der Waals surface area (Å²) in [7, 11) is 1.72. The van der Waals surface area contributed by atoms with Gasteiger partial charge in [0.15, 0.2) is 0 Å². The van der Waals surface area contributed by atoms with Crippen molar-refractivity contribution in [2.75, 3.05) is 72.6 Å². The largest absolute Gasteiger partial charge is 0.496 e. The first kappa shape index (κ1) is 22.2. The van der Waals surface area contributed by atoms with E-state index < -0.39 is 0 Å². The van der Waals surface area contributed by atoms with Crippen molar-refractivity contribution in [1.29, 1.82) is 0 Å². The fourth-order valence-corrected chi connectivity index (χ4v) is 4.91. The Labute approximate surface area is 189 Å². The Kier molecular flexibility index (Phi) is 7.91. The number of piperazine rings is 2. The minimum atomic E-state index is 0.273. The van der Waals surface area contributed by atoms with Gasteiger partial charge in [0.2, 0.25) is 5.91 Å². The summed E-state index contributed by atoms with van der Waals surface area (Å²) < 4.78 is 5.47.